The summed E-state index contributed by atoms with van der Waals surface area (Å²) in [6, 6.07) is 3.95. The SMILES string of the molecule is Nc1ncccc1N1C[C@H]2CC[C@@H](C1)C2NC(=O)O. The summed E-state index contributed by atoms with van der Waals surface area (Å²) in [7, 11) is 0. The molecule has 19 heavy (non-hydrogen) atoms. The number of amides is 1. The molecule has 2 fully saturated rings. The number of carbonyl (C=O) groups is 1. The molecule has 1 aromatic rings. The number of nitrogens with zero attached hydrogens (tertiary/aromatic N) is 2. The van der Waals surface area contributed by atoms with Crippen molar-refractivity contribution in [2.24, 2.45) is 11.8 Å². The number of nitrogen functional groups attached to an aromatic ring is 1. The van der Waals surface area contributed by atoms with Crippen LogP contribution in [0.4, 0.5) is 16.3 Å². The number of aromatic nitrogens is 1. The van der Waals surface area contributed by atoms with E-state index < -0.39 is 6.09 Å². The molecule has 1 aliphatic heterocycles. The van der Waals surface area contributed by atoms with Gasteiger partial charge in [-0.15, -0.1) is 0 Å². The van der Waals surface area contributed by atoms with Crippen LogP contribution in [0.2, 0.25) is 0 Å². The first-order chi connectivity index (χ1) is 9.15. The first-order valence-electron chi connectivity index (χ1n) is 6.60. The van der Waals surface area contributed by atoms with Crippen LogP contribution >= 0.6 is 0 Å². The standard InChI is InChI=1S/C13H18N4O2/c14-12-10(2-1-5-15-12)17-6-8-3-4-9(7-17)11(8)16-13(18)19/h1-2,5,8-9,11,16H,3-4,6-7H2,(H2,14,15)(H,18,19)/t8-,9+,11?. The lowest BCUT2D eigenvalue weighted by atomic mass is 9.92. The van der Waals surface area contributed by atoms with E-state index in [0.29, 0.717) is 17.7 Å². The van der Waals surface area contributed by atoms with Gasteiger partial charge in [0.2, 0.25) is 0 Å². The number of nitrogens with two attached hydrogens (primary N) is 1. The number of fused-ring (bicyclic) bond motifs is 2. The molecule has 3 rings (SSSR count). The summed E-state index contributed by atoms with van der Waals surface area (Å²) in [6.07, 6.45) is 2.92. The van der Waals surface area contributed by atoms with Crippen LogP contribution in [-0.4, -0.2) is 35.3 Å². The highest BCUT2D eigenvalue weighted by atomic mass is 16.4. The van der Waals surface area contributed by atoms with E-state index in [1.165, 1.54) is 0 Å². The molecule has 1 saturated carbocycles. The van der Waals surface area contributed by atoms with Crippen molar-refractivity contribution in [2.75, 3.05) is 23.7 Å². The predicted octanol–water partition coefficient (Wildman–Crippen LogP) is 1.15. The van der Waals surface area contributed by atoms with Gasteiger partial charge in [0.15, 0.2) is 0 Å². The topological polar surface area (TPSA) is 91.5 Å². The van der Waals surface area contributed by atoms with E-state index >= 15 is 0 Å². The minimum absolute atomic E-state index is 0.0895. The second-order valence-corrected chi connectivity index (χ2v) is 5.39. The van der Waals surface area contributed by atoms with Crippen LogP contribution in [0.3, 0.4) is 0 Å². The molecule has 0 aromatic carbocycles. The Hall–Kier alpha value is -1.98. The number of pyridine rings is 1. The number of hydrogen-bond acceptors (Lipinski definition) is 4. The summed E-state index contributed by atoms with van der Waals surface area (Å²) in [5.74, 6) is 1.29. The molecule has 0 spiro atoms. The summed E-state index contributed by atoms with van der Waals surface area (Å²) in [6.45, 7) is 1.69. The molecule has 4 N–H and O–H groups in total. The second-order valence-electron chi connectivity index (χ2n) is 5.39. The summed E-state index contributed by atoms with van der Waals surface area (Å²) >= 11 is 0. The molecule has 1 amide bonds. The molecule has 6 heteroatoms. The highest BCUT2D eigenvalue weighted by Crippen LogP contribution is 2.39. The van der Waals surface area contributed by atoms with Gasteiger partial charge in [0, 0.05) is 25.3 Å². The average molecular weight is 262 g/mol. The average Bonchev–Trinajstić information content (AvgIpc) is 2.62. The Morgan fingerprint density at radius 2 is 2.11 bits per heavy atom. The van der Waals surface area contributed by atoms with Crippen LogP contribution in [0.1, 0.15) is 12.8 Å². The minimum Gasteiger partial charge on any atom is -0.465 e. The normalized spacial score (nSPS) is 29.3. The number of nitrogens with one attached hydrogen (secondary N) is 1. The summed E-state index contributed by atoms with van der Waals surface area (Å²) < 4.78 is 0. The van der Waals surface area contributed by atoms with Gasteiger partial charge in [-0.2, -0.15) is 0 Å². The maximum absolute atomic E-state index is 10.8. The van der Waals surface area contributed by atoms with Gasteiger partial charge in [0.05, 0.1) is 5.69 Å². The molecular weight excluding hydrogens is 244 g/mol. The first-order valence-corrected chi connectivity index (χ1v) is 6.60. The first kappa shape index (κ1) is 12.1. The largest absolute Gasteiger partial charge is 0.465 e. The number of carboxylic acid groups (broad SMARTS) is 1. The van der Waals surface area contributed by atoms with Crippen LogP contribution in [0.25, 0.3) is 0 Å². The van der Waals surface area contributed by atoms with E-state index in [-0.39, 0.29) is 6.04 Å². The molecule has 2 bridgehead atoms. The third kappa shape index (κ3) is 2.18. The van der Waals surface area contributed by atoms with Gasteiger partial charge in [0.1, 0.15) is 5.82 Å². The van der Waals surface area contributed by atoms with Gasteiger partial charge in [-0.3, -0.25) is 0 Å². The number of piperidine rings is 1. The fourth-order valence-corrected chi connectivity index (χ4v) is 3.47. The quantitative estimate of drug-likeness (QED) is 0.743. The van der Waals surface area contributed by atoms with Gasteiger partial charge >= 0.3 is 6.09 Å². The molecule has 3 atom stereocenters. The van der Waals surface area contributed by atoms with Gasteiger partial charge in [-0.25, -0.2) is 9.78 Å². The molecule has 102 valence electrons. The molecule has 1 aromatic heterocycles. The molecule has 6 nitrogen and oxygen atoms in total. The summed E-state index contributed by atoms with van der Waals surface area (Å²) in [5.41, 5.74) is 6.88. The number of anilines is 2. The molecule has 1 aliphatic carbocycles. The van der Waals surface area contributed by atoms with Crippen molar-refractivity contribution in [3.05, 3.63) is 18.3 Å². The minimum atomic E-state index is -0.920. The van der Waals surface area contributed by atoms with Crippen LogP contribution in [0.5, 0.6) is 0 Å². The van der Waals surface area contributed by atoms with Gasteiger partial charge < -0.3 is 21.1 Å². The highest BCUT2D eigenvalue weighted by Gasteiger charge is 2.43. The molecule has 2 heterocycles. The van der Waals surface area contributed by atoms with Crippen LogP contribution in [-0.2, 0) is 0 Å². The van der Waals surface area contributed by atoms with E-state index in [2.05, 4.69) is 15.2 Å². The van der Waals surface area contributed by atoms with E-state index in [9.17, 15) is 4.79 Å². The Labute approximate surface area is 111 Å². The zero-order valence-corrected chi connectivity index (χ0v) is 10.6. The monoisotopic (exact) mass is 262 g/mol. The summed E-state index contributed by atoms with van der Waals surface area (Å²) in [5, 5.41) is 11.6. The zero-order chi connectivity index (χ0) is 13.4. The Kier molecular flexibility index (Phi) is 2.93. The smallest absolute Gasteiger partial charge is 0.404 e. The second kappa shape index (κ2) is 4.60. The summed E-state index contributed by atoms with van der Waals surface area (Å²) in [4.78, 5) is 17.2. The molecule has 1 unspecified atom stereocenters. The fraction of sp³-hybridized carbons (Fsp3) is 0.538. The number of rotatable bonds is 2. The highest BCUT2D eigenvalue weighted by molar-refractivity contribution is 5.66. The molecule has 1 saturated heterocycles. The van der Waals surface area contributed by atoms with E-state index in [1.54, 1.807) is 6.20 Å². The zero-order valence-electron chi connectivity index (χ0n) is 10.6. The van der Waals surface area contributed by atoms with Gasteiger partial charge in [-0.05, 0) is 36.8 Å². The maximum atomic E-state index is 10.8. The van der Waals surface area contributed by atoms with Crippen molar-refractivity contribution in [1.29, 1.82) is 0 Å². The van der Waals surface area contributed by atoms with Crippen LogP contribution in [0, 0.1) is 11.8 Å². The lowest BCUT2D eigenvalue weighted by Crippen LogP contribution is -2.52. The van der Waals surface area contributed by atoms with Crippen molar-refractivity contribution in [3.63, 3.8) is 0 Å². The Balaban J connectivity index is 1.77. The molecule has 0 radical (unpaired) electrons. The molecular formula is C13H18N4O2. The Morgan fingerprint density at radius 3 is 2.68 bits per heavy atom. The van der Waals surface area contributed by atoms with Crippen molar-refractivity contribution in [2.45, 2.75) is 18.9 Å². The number of hydrogen-bond donors (Lipinski definition) is 3. The van der Waals surface area contributed by atoms with Crippen molar-refractivity contribution < 1.29 is 9.90 Å². The lowest BCUT2D eigenvalue weighted by molar-refractivity contribution is 0.178. The van der Waals surface area contributed by atoms with Gasteiger partial charge in [-0.1, -0.05) is 0 Å². The van der Waals surface area contributed by atoms with Crippen LogP contribution < -0.4 is 16.0 Å². The van der Waals surface area contributed by atoms with E-state index in [1.807, 2.05) is 12.1 Å². The van der Waals surface area contributed by atoms with E-state index in [4.69, 9.17) is 10.8 Å². The fourth-order valence-electron chi connectivity index (χ4n) is 3.47. The van der Waals surface area contributed by atoms with Crippen molar-refractivity contribution in [3.8, 4) is 0 Å². The van der Waals surface area contributed by atoms with Crippen LogP contribution in [0.15, 0.2) is 18.3 Å². The van der Waals surface area contributed by atoms with E-state index in [0.717, 1.165) is 31.6 Å². The van der Waals surface area contributed by atoms with Crippen molar-refractivity contribution in [1.82, 2.24) is 10.3 Å². The maximum Gasteiger partial charge on any atom is 0.404 e. The predicted molar refractivity (Wildman–Crippen MR) is 72.0 cm³/mol. The Morgan fingerprint density at radius 1 is 1.42 bits per heavy atom. The van der Waals surface area contributed by atoms with Gasteiger partial charge in [0.25, 0.3) is 0 Å². The third-order valence-electron chi connectivity index (χ3n) is 4.28. The lowest BCUT2D eigenvalue weighted by Gasteiger charge is -2.39. The van der Waals surface area contributed by atoms with Crippen molar-refractivity contribution >= 4 is 17.6 Å². The Bertz CT molecular complexity index is 479. The third-order valence-corrected chi connectivity index (χ3v) is 4.28. The molecule has 2 aliphatic rings.